The highest BCUT2D eigenvalue weighted by Crippen LogP contribution is 2.30. The van der Waals surface area contributed by atoms with Gasteiger partial charge >= 0.3 is 5.97 Å². The molecule has 9 nitrogen and oxygen atoms in total. The first-order valence-electron chi connectivity index (χ1n) is 9.21. The number of ether oxygens (including phenoxy) is 1. The van der Waals surface area contributed by atoms with E-state index in [4.69, 9.17) is 21.7 Å². The molecule has 2 rings (SSSR count). The summed E-state index contributed by atoms with van der Waals surface area (Å²) >= 11 is 5.74. The minimum absolute atomic E-state index is 0.0179. The van der Waals surface area contributed by atoms with Crippen LogP contribution in [0.15, 0.2) is 41.3 Å². The number of benzene rings is 2. The van der Waals surface area contributed by atoms with Crippen LogP contribution in [0.5, 0.6) is 11.5 Å². The Hall–Kier alpha value is -2.96. The van der Waals surface area contributed by atoms with Gasteiger partial charge in [0.25, 0.3) is 0 Å². The van der Waals surface area contributed by atoms with E-state index >= 15 is 0 Å². The molecule has 174 valence electrons. The average molecular weight is 491 g/mol. The number of guanidine groups is 1. The SMILES string of the molecule is CNC(=N)NCCC[C@@H](NS(=O)(=O)c1cc(F)c(Oc2ccc(Cl)cc2)c(F)c1)C(=O)O. The van der Waals surface area contributed by atoms with Gasteiger partial charge in [-0.2, -0.15) is 4.72 Å². The Morgan fingerprint density at radius 1 is 1.22 bits per heavy atom. The average Bonchev–Trinajstić information content (AvgIpc) is 2.73. The summed E-state index contributed by atoms with van der Waals surface area (Å²) in [7, 11) is -3.04. The normalized spacial score (nSPS) is 12.1. The van der Waals surface area contributed by atoms with Gasteiger partial charge < -0.3 is 20.5 Å². The number of carboxylic acid groups (broad SMARTS) is 1. The number of hydrogen-bond donors (Lipinski definition) is 5. The number of carboxylic acids is 1. The molecule has 0 radical (unpaired) electrons. The summed E-state index contributed by atoms with van der Waals surface area (Å²) in [6.45, 7) is 0.213. The van der Waals surface area contributed by atoms with Gasteiger partial charge in [-0.05, 0) is 49.2 Å². The first-order valence-corrected chi connectivity index (χ1v) is 11.1. The summed E-state index contributed by atoms with van der Waals surface area (Å²) < 4.78 is 61.0. The van der Waals surface area contributed by atoms with Gasteiger partial charge in [-0.15, -0.1) is 0 Å². The lowest BCUT2D eigenvalue weighted by Crippen LogP contribution is -2.41. The second kappa shape index (κ2) is 11.1. The maximum absolute atomic E-state index is 14.4. The molecule has 0 amide bonds. The van der Waals surface area contributed by atoms with E-state index in [0.29, 0.717) is 17.2 Å². The minimum atomic E-state index is -4.56. The summed E-state index contributed by atoms with van der Waals surface area (Å²) in [5, 5.41) is 22.2. The van der Waals surface area contributed by atoms with Crippen LogP contribution in [-0.4, -0.2) is 45.1 Å². The Labute approximate surface area is 188 Å². The number of rotatable bonds is 10. The standard InChI is InChI=1S/C19H21ClF2N4O5S/c1-24-19(23)25-8-2-3-16(18(27)28)26-32(29,30)13-9-14(21)17(15(22)10-13)31-12-6-4-11(20)5-7-12/h4-7,9-10,16,26H,2-3,8H2,1H3,(H,27,28)(H3,23,24,25)/t16-/m1/s1. The maximum atomic E-state index is 14.4. The molecule has 2 aromatic rings. The molecule has 0 aliphatic carbocycles. The van der Waals surface area contributed by atoms with Crippen molar-refractivity contribution in [1.82, 2.24) is 15.4 Å². The van der Waals surface area contributed by atoms with Crippen LogP contribution >= 0.6 is 11.6 Å². The summed E-state index contributed by atoms with van der Waals surface area (Å²) in [6.07, 6.45) is 0.0847. The van der Waals surface area contributed by atoms with Crippen LogP contribution in [0.4, 0.5) is 8.78 Å². The summed E-state index contributed by atoms with van der Waals surface area (Å²) in [6, 6.07) is 5.16. The van der Waals surface area contributed by atoms with Gasteiger partial charge in [0.15, 0.2) is 23.3 Å². The van der Waals surface area contributed by atoms with Crippen molar-refractivity contribution < 1.29 is 31.8 Å². The molecule has 0 saturated heterocycles. The first-order chi connectivity index (χ1) is 15.0. The zero-order valence-corrected chi connectivity index (χ0v) is 18.4. The first kappa shape index (κ1) is 25.3. The predicted molar refractivity (Wildman–Crippen MR) is 114 cm³/mol. The fourth-order valence-electron chi connectivity index (χ4n) is 2.51. The summed E-state index contributed by atoms with van der Waals surface area (Å²) in [5.41, 5.74) is 0. The van der Waals surface area contributed by atoms with E-state index in [-0.39, 0.29) is 31.1 Å². The van der Waals surface area contributed by atoms with Crippen LogP contribution < -0.4 is 20.1 Å². The smallest absolute Gasteiger partial charge is 0.321 e. The number of aliphatic carboxylic acids is 1. The van der Waals surface area contributed by atoms with E-state index in [1.54, 1.807) is 0 Å². The molecule has 0 spiro atoms. The van der Waals surface area contributed by atoms with Crippen LogP contribution in [0.1, 0.15) is 12.8 Å². The van der Waals surface area contributed by atoms with Gasteiger partial charge in [-0.3, -0.25) is 10.2 Å². The lowest BCUT2D eigenvalue weighted by atomic mass is 10.2. The maximum Gasteiger partial charge on any atom is 0.321 e. The molecule has 0 heterocycles. The molecule has 13 heteroatoms. The number of nitrogens with one attached hydrogen (secondary N) is 4. The third kappa shape index (κ3) is 7.04. The highest BCUT2D eigenvalue weighted by Gasteiger charge is 2.27. The van der Waals surface area contributed by atoms with Gasteiger partial charge in [-0.25, -0.2) is 17.2 Å². The molecule has 5 N–H and O–H groups in total. The second-order valence-electron chi connectivity index (χ2n) is 6.48. The zero-order valence-electron chi connectivity index (χ0n) is 16.8. The Morgan fingerprint density at radius 2 is 1.81 bits per heavy atom. The minimum Gasteiger partial charge on any atom is -0.480 e. The monoisotopic (exact) mass is 490 g/mol. The summed E-state index contributed by atoms with van der Waals surface area (Å²) in [5.74, 6) is -4.76. The van der Waals surface area contributed by atoms with Crippen LogP contribution in [0.3, 0.4) is 0 Å². The highest BCUT2D eigenvalue weighted by atomic mass is 35.5. The van der Waals surface area contributed by atoms with E-state index in [2.05, 4.69) is 10.6 Å². The largest absolute Gasteiger partial charge is 0.480 e. The van der Waals surface area contributed by atoms with Gasteiger partial charge in [0, 0.05) is 18.6 Å². The van der Waals surface area contributed by atoms with Crippen molar-refractivity contribution >= 4 is 33.6 Å². The molecule has 0 aliphatic heterocycles. The molecule has 0 saturated carbocycles. The second-order valence-corrected chi connectivity index (χ2v) is 8.63. The number of hydrogen-bond acceptors (Lipinski definition) is 5. The van der Waals surface area contributed by atoms with Crippen molar-refractivity contribution in [3.8, 4) is 11.5 Å². The Morgan fingerprint density at radius 3 is 2.34 bits per heavy atom. The van der Waals surface area contributed by atoms with E-state index in [1.807, 2.05) is 4.72 Å². The Kier molecular flexibility index (Phi) is 8.75. The fraction of sp³-hybridized carbons (Fsp3) is 0.263. The Bertz CT molecular complexity index is 1060. The number of sulfonamides is 1. The quantitative estimate of drug-likeness (QED) is 0.196. The van der Waals surface area contributed by atoms with Gasteiger partial charge in [-0.1, -0.05) is 11.6 Å². The van der Waals surface area contributed by atoms with Crippen LogP contribution in [0, 0.1) is 17.0 Å². The molecule has 2 aromatic carbocycles. The lowest BCUT2D eigenvalue weighted by Gasteiger charge is -2.16. The zero-order chi connectivity index (χ0) is 23.9. The van der Waals surface area contributed by atoms with Crippen LogP contribution in [0.2, 0.25) is 5.02 Å². The third-order valence-electron chi connectivity index (χ3n) is 4.13. The number of halogens is 3. The molecular weight excluding hydrogens is 470 g/mol. The van der Waals surface area contributed by atoms with Crippen molar-refractivity contribution in [1.29, 1.82) is 5.41 Å². The van der Waals surface area contributed by atoms with Crippen molar-refractivity contribution in [2.24, 2.45) is 0 Å². The topological polar surface area (TPSA) is 141 Å². The van der Waals surface area contributed by atoms with Gasteiger partial charge in [0.05, 0.1) is 4.90 Å². The molecule has 0 aromatic heterocycles. The summed E-state index contributed by atoms with van der Waals surface area (Å²) in [4.78, 5) is 10.6. The van der Waals surface area contributed by atoms with Crippen molar-refractivity contribution in [2.45, 2.75) is 23.8 Å². The Balaban J connectivity index is 2.14. The molecule has 1 atom stereocenters. The van der Waals surface area contributed by atoms with E-state index < -0.39 is 44.3 Å². The predicted octanol–water partition coefficient (Wildman–Crippen LogP) is 2.67. The van der Waals surface area contributed by atoms with Gasteiger partial charge in [0.1, 0.15) is 11.8 Å². The lowest BCUT2D eigenvalue weighted by molar-refractivity contribution is -0.139. The molecular formula is C19H21ClF2N4O5S. The molecule has 0 aliphatic rings. The molecule has 0 bridgehead atoms. The third-order valence-corrected chi connectivity index (χ3v) is 5.84. The fourth-order valence-corrected chi connectivity index (χ4v) is 3.88. The van der Waals surface area contributed by atoms with E-state index in [9.17, 15) is 27.1 Å². The molecule has 0 fully saturated rings. The van der Waals surface area contributed by atoms with Gasteiger partial charge in [0.2, 0.25) is 10.0 Å². The molecule has 0 unspecified atom stereocenters. The van der Waals surface area contributed by atoms with E-state index in [0.717, 1.165) is 0 Å². The van der Waals surface area contributed by atoms with Crippen molar-refractivity contribution in [2.75, 3.05) is 13.6 Å². The van der Waals surface area contributed by atoms with Crippen LogP contribution in [-0.2, 0) is 14.8 Å². The highest BCUT2D eigenvalue weighted by molar-refractivity contribution is 7.89. The number of carbonyl (C=O) groups is 1. The van der Waals surface area contributed by atoms with E-state index in [1.165, 1.54) is 31.3 Å². The van der Waals surface area contributed by atoms with Crippen molar-refractivity contribution in [3.63, 3.8) is 0 Å². The van der Waals surface area contributed by atoms with Crippen LogP contribution in [0.25, 0.3) is 0 Å². The molecule has 32 heavy (non-hydrogen) atoms. The van der Waals surface area contributed by atoms with Crippen molar-refractivity contribution in [3.05, 3.63) is 53.1 Å².